The largest absolute Gasteiger partial charge is 0.399 e. The molecule has 4 atom stereocenters. The number of nitrogens with two attached hydrogens (primary N) is 1. The first-order valence-electron chi connectivity index (χ1n) is 8.69. The fraction of sp³-hybridized carbons (Fsp3) is 0.312. The number of imidazole rings is 1. The Morgan fingerprint density at radius 3 is 2.79 bits per heavy atom. The molecule has 1 aliphatic rings. The van der Waals surface area contributed by atoms with Gasteiger partial charge in [-0.3, -0.25) is 19.8 Å². The predicted octanol–water partition coefficient (Wildman–Crippen LogP) is -1.37. The van der Waals surface area contributed by atoms with E-state index in [0.717, 1.165) is 11.8 Å². The highest BCUT2D eigenvalue weighted by atomic mass is 32.2. The van der Waals surface area contributed by atoms with Crippen molar-refractivity contribution in [3.63, 3.8) is 0 Å². The van der Waals surface area contributed by atoms with Crippen LogP contribution in [0.4, 0.5) is 5.69 Å². The normalized spacial score (nSPS) is 28.0. The monoisotopic (exact) mass is 407 g/mol. The highest BCUT2D eigenvalue weighted by Crippen LogP contribution is 2.48. The molecule has 148 valence electrons. The summed E-state index contributed by atoms with van der Waals surface area (Å²) in [6.07, 6.45) is -2.95. The van der Waals surface area contributed by atoms with Gasteiger partial charge >= 0.3 is 0 Å². The van der Waals surface area contributed by atoms with Crippen LogP contribution < -0.4 is 16.9 Å². The van der Waals surface area contributed by atoms with E-state index in [9.17, 15) is 20.1 Å². The second kappa shape index (κ2) is 6.76. The average molecular weight is 407 g/mol. The Morgan fingerprint density at radius 2 is 2.14 bits per heavy atom. The standard InChI is InChI=1S/C16H18N6O5S/c17-7-1-3-8(4-2-7)28-16(12(25)11(24)9(5-23)27-16)22-6-19-10-13(22)20-15(18)21-14(10)26/h1-4,6,9,11-12,23-25H,5,17H2,(H3,18,20,21,26)/t9-,11-,12-,16+/m1/s1/i/hD. The number of rotatable bonds is 4. The summed E-state index contributed by atoms with van der Waals surface area (Å²) in [5.41, 5.74) is 4.77. The minimum Gasteiger partial charge on any atom is -0.399 e. The highest BCUT2D eigenvalue weighted by molar-refractivity contribution is 8.00. The molecule has 28 heavy (non-hydrogen) atoms. The number of fused-ring (bicyclic) bond motifs is 1. The lowest BCUT2D eigenvalue weighted by atomic mass is 10.1. The number of aromatic amines is 2. The van der Waals surface area contributed by atoms with Crippen molar-refractivity contribution in [1.82, 2.24) is 19.5 Å². The molecule has 0 radical (unpaired) electrons. The van der Waals surface area contributed by atoms with Gasteiger partial charge in [0.2, 0.25) is 10.7 Å². The molecular weight excluding hydrogens is 388 g/mol. The fourth-order valence-corrected chi connectivity index (χ4v) is 4.37. The zero-order chi connectivity index (χ0) is 20.9. The van der Waals surface area contributed by atoms with Crippen molar-refractivity contribution in [3.8, 4) is 0 Å². The van der Waals surface area contributed by atoms with Gasteiger partial charge in [-0.2, -0.15) is 0 Å². The SMILES string of the molecule is [2H]n1c(=N)[nH]c(=O)c2ncn([C@]3(Sc4ccc(N)cc4)O[C@H](CO)[C@@H](O)[C@H]3O)c21. The van der Waals surface area contributed by atoms with Gasteiger partial charge < -0.3 is 30.8 Å². The molecule has 3 aromatic rings. The molecule has 1 saturated heterocycles. The molecule has 8 N–H and O–H groups in total. The Kier molecular flexibility index (Phi) is 4.21. The van der Waals surface area contributed by atoms with Crippen LogP contribution in [0.1, 0.15) is 0 Å². The first-order valence-corrected chi connectivity index (χ1v) is 9.06. The van der Waals surface area contributed by atoms with Crippen LogP contribution in [-0.4, -0.2) is 59.8 Å². The lowest BCUT2D eigenvalue weighted by Gasteiger charge is -2.33. The van der Waals surface area contributed by atoms with E-state index in [0.29, 0.717) is 15.6 Å². The summed E-state index contributed by atoms with van der Waals surface area (Å²) in [7, 11) is 0. The van der Waals surface area contributed by atoms with E-state index >= 15 is 0 Å². The van der Waals surface area contributed by atoms with Gasteiger partial charge in [0.1, 0.15) is 30.3 Å². The van der Waals surface area contributed by atoms with Crippen LogP contribution in [0.3, 0.4) is 0 Å². The zero-order valence-electron chi connectivity index (χ0n) is 15.3. The van der Waals surface area contributed by atoms with Crippen LogP contribution >= 0.6 is 11.8 Å². The first kappa shape index (κ1) is 17.5. The summed E-state index contributed by atoms with van der Waals surface area (Å²) >= 11 is 0.985. The van der Waals surface area contributed by atoms with Crippen LogP contribution in [0, 0.1) is 5.41 Å². The van der Waals surface area contributed by atoms with Gasteiger partial charge in [0.15, 0.2) is 6.93 Å². The summed E-state index contributed by atoms with van der Waals surface area (Å²) in [5, 5.41) is 36.9. The van der Waals surface area contributed by atoms with Crippen molar-refractivity contribution in [3.05, 3.63) is 46.6 Å². The van der Waals surface area contributed by atoms with E-state index in [1.54, 1.807) is 24.3 Å². The third-order valence-corrected chi connectivity index (χ3v) is 5.80. The zero-order valence-corrected chi connectivity index (χ0v) is 15.1. The molecule has 0 bridgehead atoms. The fourth-order valence-electron chi connectivity index (χ4n) is 3.10. The molecule has 0 spiro atoms. The summed E-state index contributed by atoms with van der Waals surface area (Å²) in [6.45, 7) is -0.569. The molecule has 2 aromatic heterocycles. The van der Waals surface area contributed by atoms with Crippen LogP contribution in [-0.2, 0) is 9.79 Å². The number of nitrogen functional groups attached to an aromatic ring is 1. The molecule has 1 aromatic carbocycles. The molecule has 1 fully saturated rings. The molecule has 0 unspecified atom stereocenters. The summed E-state index contributed by atoms with van der Waals surface area (Å²) < 4.78 is 15.2. The highest BCUT2D eigenvalue weighted by Gasteiger charge is 2.57. The molecule has 12 heteroatoms. The third kappa shape index (κ3) is 2.82. The molecule has 0 aliphatic carbocycles. The van der Waals surface area contributed by atoms with Gasteiger partial charge in [0.05, 0.1) is 6.61 Å². The molecule has 3 heterocycles. The summed E-state index contributed by atoms with van der Waals surface area (Å²) in [4.78, 5) is 19.6. The molecule has 0 amide bonds. The third-order valence-electron chi connectivity index (χ3n) is 4.47. The number of nitrogens with zero attached hydrogens (tertiary/aromatic N) is 2. The quantitative estimate of drug-likeness (QED) is 0.258. The maximum absolute atomic E-state index is 12.2. The molecule has 0 saturated carbocycles. The number of H-pyrrole nitrogens is 2. The first-order chi connectivity index (χ1) is 13.8. The topological polar surface area (TPSA) is 186 Å². The minimum atomic E-state index is -1.78. The van der Waals surface area contributed by atoms with Crippen molar-refractivity contribution >= 4 is 28.6 Å². The number of aliphatic hydroxyl groups excluding tert-OH is 3. The van der Waals surface area contributed by atoms with Crippen LogP contribution in [0.2, 0.25) is 1.41 Å². The Labute approximate surface area is 162 Å². The second-order valence-corrected chi connectivity index (χ2v) is 7.54. The van der Waals surface area contributed by atoms with E-state index < -0.39 is 41.2 Å². The van der Waals surface area contributed by atoms with E-state index in [1.165, 1.54) is 10.9 Å². The number of aliphatic hydroxyl groups is 3. The Morgan fingerprint density at radius 1 is 1.43 bits per heavy atom. The number of ether oxygens (including phenoxy) is 1. The number of thioether (sulfide) groups is 1. The van der Waals surface area contributed by atoms with Crippen molar-refractivity contribution in [2.45, 2.75) is 28.3 Å². The Hall–Kier alpha value is -2.64. The maximum Gasteiger partial charge on any atom is 0.280 e. The predicted molar refractivity (Wildman–Crippen MR) is 99.2 cm³/mol. The Bertz CT molecular complexity index is 1180. The average Bonchev–Trinajstić information content (AvgIpc) is 3.25. The van der Waals surface area contributed by atoms with Crippen LogP contribution in [0.25, 0.3) is 11.2 Å². The molecule has 11 nitrogen and oxygen atoms in total. The van der Waals surface area contributed by atoms with E-state index in [-0.39, 0.29) is 11.2 Å². The van der Waals surface area contributed by atoms with Crippen LogP contribution in [0.15, 0.2) is 40.3 Å². The van der Waals surface area contributed by atoms with Crippen molar-refractivity contribution in [2.75, 3.05) is 12.3 Å². The minimum absolute atomic E-state index is 0.119. The summed E-state index contributed by atoms with van der Waals surface area (Å²) in [5.74, 6) is 0. The van der Waals surface area contributed by atoms with Gasteiger partial charge in [0, 0.05) is 10.6 Å². The number of aromatic nitrogens is 4. The van der Waals surface area contributed by atoms with Crippen molar-refractivity contribution in [2.24, 2.45) is 0 Å². The van der Waals surface area contributed by atoms with E-state index in [4.69, 9.17) is 17.3 Å². The van der Waals surface area contributed by atoms with Gasteiger partial charge in [-0.25, -0.2) is 4.98 Å². The number of hydrogen-bond acceptors (Lipinski definition) is 9. The van der Waals surface area contributed by atoms with Gasteiger partial charge in [-0.1, -0.05) is 11.8 Å². The van der Waals surface area contributed by atoms with Gasteiger partial charge in [0.25, 0.3) is 5.56 Å². The van der Waals surface area contributed by atoms with Crippen molar-refractivity contribution in [1.29, 1.82) is 5.41 Å². The van der Waals surface area contributed by atoms with Crippen molar-refractivity contribution < 1.29 is 21.5 Å². The number of benzene rings is 1. The second-order valence-electron chi connectivity index (χ2n) is 6.28. The molecule has 4 rings (SSSR count). The van der Waals surface area contributed by atoms with E-state index in [1.807, 2.05) is 0 Å². The number of hydrogen-bond donors (Lipinski definition) is 7. The lowest BCUT2D eigenvalue weighted by Crippen LogP contribution is -2.43. The molecule has 1 aliphatic heterocycles. The Balaban J connectivity index is 1.97. The number of anilines is 1. The number of nitrogens with one attached hydrogen (secondary N) is 3. The smallest absolute Gasteiger partial charge is 0.280 e. The van der Waals surface area contributed by atoms with E-state index in [2.05, 4.69) is 9.97 Å². The maximum atomic E-state index is 12.2. The lowest BCUT2D eigenvalue weighted by molar-refractivity contribution is -0.0776. The molecular formula is C16H18N6O5S. The van der Waals surface area contributed by atoms with Gasteiger partial charge in [-0.15, -0.1) is 0 Å². The van der Waals surface area contributed by atoms with Gasteiger partial charge in [-0.05, 0) is 24.3 Å². The summed E-state index contributed by atoms with van der Waals surface area (Å²) in [6, 6.07) is 6.63. The van der Waals surface area contributed by atoms with Crippen LogP contribution in [0.5, 0.6) is 0 Å².